The van der Waals surface area contributed by atoms with Crippen molar-refractivity contribution in [1.82, 2.24) is 14.5 Å². The number of hydrogen-bond donors (Lipinski definition) is 1. The summed E-state index contributed by atoms with van der Waals surface area (Å²) >= 11 is 1.08. The highest BCUT2D eigenvalue weighted by Gasteiger charge is 2.46. The average Bonchev–Trinajstić information content (AvgIpc) is 2.85. The number of aliphatic carboxylic acids is 1. The first kappa shape index (κ1) is 11.0. The summed E-state index contributed by atoms with van der Waals surface area (Å²) in [7, 11) is 0. The van der Waals surface area contributed by atoms with Gasteiger partial charge in [-0.2, -0.15) is 0 Å². The largest absolute Gasteiger partial charge is 0.480 e. The predicted octanol–water partition coefficient (Wildman–Crippen LogP) is 0.617. The van der Waals surface area contributed by atoms with Crippen LogP contribution in [-0.4, -0.2) is 43.6 Å². The number of carbonyl (C=O) groups excluding carboxylic acids is 1. The molecule has 2 heterocycles. The van der Waals surface area contributed by atoms with E-state index in [1.165, 1.54) is 10.3 Å². The van der Waals surface area contributed by atoms with Crippen LogP contribution in [0.4, 0.5) is 0 Å². The van der Waals surface area contributed by atoms with Crippen LogP contribution in [0.25, 0.3) is 0 Å². The zero-order valence-corrected chi connectivity index (χ0v) is 9.53. The number of rotatable bonds is 2. The zero-order chi connectivity index (χ0) is 11.8. The van der Waals surface area contributed by atoms with Gasteiger partial charge in [-0.25, -0.2) is 4.79 Å². The molecule has 1 aliphatic heterocycles. The van der Waals surface area contributed by atoms with Crippen molar-refractivity contribution < 1.29 is 14.7 Å². The maximum Gasteiger partial charge on any atom is 0.329 e. The molecule has 0 bridgehead atoms. The minimum Gasteiger partial charge on any atom is -0.480 e. The van der Waals surface area contributed by atoms with Gasteiger partial charge in [0.25, 0.3) is 5.91 Å². The number of aromatic nitrogens is 2. The van der Waals surface area contributed by atoms with Crippen LogP contribution in [-0.2, 0) is 4.79 Å². The Balaban J connectivity index is 2.27. The lowest BCUT2D eigenvalue weighted by Crippen LogP contribution is -2.50. The first-order chi connectivity index (χ1) is 7.55. The Morgan fingerprint density at radius 3 is 2.94 bits per heavy atom. The molecule has 6 nitrogen and oxygen atoms in total. The molecular weight excluding hydrogens is 230 g/mol. The van der Waals surface area contributed by atoms with Crippen LogP contribution in [0.15, 0.2) is 5.38 Å². The van der Waals surface area contributed by atoms with E-state index in [0.717, 1.165) is 11.5 Å². The summed E-state index contributed by atoms with van der Waals surface area (Å²) in [5.41, 5.74) is -0.889. The van der Waals surface area contributed by atoms with E-state index in [2.05, 4.69) is 9.59 Å². The van der Waals surface area contributed by atoms with Crippen LogP contribution in [0.1, 0.15) is 30.3 Å². The smallest absolute Gasteiger partial charge is 0.329 e. The number of carbonyl (C=O) groups is 2. The first-order valence-corrected chi connectivity index (χ1v) is 5.72. The van der Waals surface area contributed by atoms with Crippen molar-refractivity contribution in [3.8, 4) is 0 Å². The van der Waals surface area contributed by atoms with Gasteiger partial charge in [-0.05, 0) is 31.3 Å². The summed E-state index contributed by atoms with van der Waals surface area (Å²) in [5, 5.41) is 14.4. The lowest BCUT2D eigenvalue weighted by molar-refractivity contribution is -0.147. The molecule has 1 saturated heterocycles. The van der Waals surface area contributed by atoms with Crippen LogP contribution in [0.2, 0.25) is 0 Å². The van der Waals surface area contributed by atoms with E-state index >= 15 is 0 Å². The molecule has 1 aliphatic rings. The number of likely N-dealkylation sites (tertiary alicyclic amines) is 1. The first-order valence-electron chi connectivity index (χ1n) is 4.88. The molecule has 16 heavy (non-hydrogen) atoms. The molecule has 1 aromatic heterocycles. The van der Waals surface area contributed by atoms with Crippen LogP contribution in [0.5, 0.6) is 0 Å². The third kappa shape index (κ3) is 1.57. The molecular formula is C9H11N3O3S. The molecule has 7 heteroatoms. The number of carboxylic acid groups (broad SMARTS) is 1. The second-order valence-corrected chi connectivity index (χ2v) is 4.54. The van der Waals surface area contributed by atoms with E-state index in [0.29, 0.717) is 19.4 Å². The van der Waals surface area contributed by atoms with Gasteiger partial charge >= 0.3 is 5.97 Å². The Labute approximate surface area is 96.0 Å². The van der Waals surface area contributed by atoms with Gasteiger partial charge in [0.15, 0.2) is 5.69 Å². The fourth-order valence-electron chi connectivity index (χ4n) is 1.91. The lowest BCUT2D eigenvalue weighted by atomic mass is 9.99. The summed E-state index contributed by atoms with van der Waals surface area (Å²) < 4.78 is 3.60. The second-order valence-electron chi connectivity index (χ2n) is 3.93. The monoisotopic (exact) mass is 241 g/mol. The van der Waals surface area contributed by atoms with E-state index in [1.807, 2.05) is 0 Å². The highest BCUT2D eigenvalue weighted by molar-refractivity contribution is 7.03. The van der Waals surface area contributed by atoms with Gasteiger partial charge in [0, 0.05) is 11.9 Å². The molecule has 0 spiro atoms. The number of nitrogens with zero attached hydrogens (tertiary/aromatic N) is 3. The minimum absolute atomic E-state index is 0.222. The summed E-state index contributed by atoms with van der Waals surface area (Å²) in [5.74, 6) is -1.32. The Kier molecular flexibility index (Phi) is 2.63. The summed E-state index contributed by atoms with van der Waals surface area (Å²) in [6, 6.07) is 0. The van der Waals surface area contributed by atoms with E-state index in [9.17, 15) is 9.59 Å². The van der Waals surface area contributed by atoms with Crippen molar-refractivity contribution >= 4 is 23.4 Å². The van der Waals surface area contributed by atoms with E-state index in [1.54, 1.807) is 6.92 Å². The number of carboxylic acids is 1. The van der Waals surface area contributed by atoms with Crippen LogP contribution in [0, 0.1) is 0 Å². The Hall–Kier alpha value is -1.50. The summed E-state index contributed by atoms with van der Waals surface area (Å²) in [6.07, 6.45) is 1.18. The zero-order valence-electron chi connectivity index (χ0n) is 8.71. The minimum atomic E-state index is -1.11. The van der Waals surface area contributed by atoms with E-state index in [-0.39, 0.29) is 11.6 Å². The summed E-state index contributed by atoms with van der Waals surface area (Å²) in [6.45, 7) is 2.03. The SMILES string of the molecule is CC1(C(=O)O)CCCN1C(=O)c1csnn1. The Morgan fingerprint density at radius 2 is 2.38 bits per heavy atom. The fraction of sp³-hybridized carbons (Fsp3) is 0.556. The topological polar surface area (TPSA) is 83.4 Å². The molecule has 1 amide bonds. The van der Waals surface area contributed by atoms with E-state index < -0.39 is 11.5 Å². The van der Waals surface area contributed by atoms with Gasteiger partial charge in [-0.15, -0.1) is 5.10 Å². The van der Waals surface area contributed by atoms with Gasteiger partial charge in [-0.1, -0.05) is 4.49 Å². The molecule has 86 valence electrons. The standard InChI is InChI=1S/C9H11N3O3S/c1-9(8(14)15)3-2-4-12(9)7(13)6-5-16-11-10-6/h5H,2-4H2,1H3,(H,14,15). The van der Waals surface area contributed by atoms with Gasteiger partial charge < -0.3 is 10.0 Å². The number of amides is 1. The van der Waals surface area contributed by atoms with Gasteiger partial charge in [0.1, 0.15) is 5.54 Å². The molecule has 0 aliphatic carbocycles. The lowest BCUT2D eigenvalue weighted by Gasteiger charge is -2.30. The predicted molar refractivity (Wildman–Crippen MR) is 56.2 cm³/mol. The van der Waals surface area contributed by atoms with Crippen LogP contribution in [0.3, 0.4) is 0 Å². The maximum atomic E-state index is 12.0. The normalized spacial score (nSPS) is 24.7. The molecule has 1 aromatic rings. The fourth-order valence-corrected chi connectivity index (χ4v) is 2.34. The Morgan fingerprint density at radius 1 is 1.62 bits per heavy atom. The van der Waals surface area contributed by atoms with Crippen molar-refractivity contribution in [3.63, 3.8) is 0 Å². The molecule has 0 saturated carbocycles. The van der Waals surface area contributed by atoms with Crippen molar-refractivity contribution in [1.29, 1.82) is 0 Å². The second kappa shape index (κ2) is 3.82. The van der Waals surface area contributed by atoms with Crippen molar-refractivity contribution in [2.24, 2.45) is 0 Å². The molecule has 1 atom stereocenters. The van der Waals surface area contributed by atoms with Crippen LogP contribution >= 0.6 is 11.5 Å². The molecule has 1 unspecified atom stereocenters. The van der Waals surface area contributed by atoms with E-state index in [4.69, 9.17) is 5.11 Å². The maximum absolute atomic E-state index is 12.0. The molecule has 0 aromatic carbocycles. The van der Waals surface area contributed by atoms with Crippen LogP contribution < -0.4 is 0 Å². The molecule has 2 rings (SSSR count). The Bertz CT molecular complexity index is 420. The van der Waals surface area contributed by atoms with Gasteiger partial charge in [0.2, 0.25) is 0 Å². The quantitative estimate of drug-likeness (QED) is 0.820. The third-order valence-corrected chi connectivity index (χ3v) is 3.43. The number of hydrogen-bond acceptors (Lipinski definition) is 5. The van der Waals surface area contributed by atoms with Gasteiger partial charge in [0.05, 0.1) is 0 Å². The molecule has 1 N–H and O–H groups in total. The molecule has 1 fully saturated rings. The van der Waals surface area contributed by atoms with Gasteiger partial charge in [-0.3, -0.25) is 4.79 Å². The average molecular weight is 241 g/mol. The highest BCUT2D eigenvalue weighted by Crippen LogP contribution is 2.30. The highest BCUT2D eigenvalue weighted by atomic mass is 32.1. The summed E-state index contributed by atoms with van der Waals surface area (Å²) in [4.78, 5) is 24.5. The van der Waals surface area contributed by atoms with Crippen molar-refractivity contribution in [3.05, 3.63) is 11.1 Å². The van der Waals surface area contributed by atoms with Crippen molar-refractivity contribution in [2.45, 2.75) is 25.3 Å². The third-order valence-electron chi connectivity index (χ3n) is 2.93. The molecule has 0 radical (unpaired) electrons. The van der Waals surface area contributed by atoms with Crippen molar-refractivity contribution in [2.75, 3.05) is 6.54 Å².